The van der Waals surface area contributed by atoms with Crippen LogP contribution in [0.2, 0.25) is 0 Å². The first-order valence-corrected chi connectivity index (χ1v) is 7.83. The summed E-state index contributed by atoms with van der Waals surface area (Å²) in [6, 6.07) is 11.7. The van der Waals surface area contributed by atoms with E-state index >= 15 is 0 Å². The third-order valence-corrected chi connectivity index (χ3v) is 4.33. The van der Waals surface area contributed by atoms with Crippen molar-refractivity contribution in [3.8, 4) is 11.4 Å². The van der Waals surface area contributed by atoms with Crippen molar-refractivity contribution in [2.75, 3.05) is 0 Å². The summed E-state index contributed by atoms with van der Waals surface area (Å²) in [5, 5.41) is 4.65. The molecule has 0 spiro atoms. The van der Waals surface area contributed by atoms with E-state index in [1.165, 1.54) is 33.9 Å². The van der Waals surface area contributed by atoms with E-state index < -0.39 is 0 Å². The predicted octanol–water partition coefficient (Wildman–Crippen LogP) is 3.33. The van der Waals surface area contributed by atoms with Crippen molar-refractivity contribution in [2.45, 2.75) is 13.8 Å². The number of nitrogens with zero attached hydrogens (tertiary/aromatic N) is 4. The number of aryl methyl sites for hydroxylation is 2. The van der Waals surface area contributed by atoms with Crippen LogP contribution in [0.15, 0.2) is 59.8 Å². The molecule has 0 aliphatic rings. The molecule has 2 aromatic heterocycles. The molecule has 0 saturated heterocycles. The fourth-order valence-electron chi connectivity index (χ4n) is 2.74. The first-order chi connectivity index (χ1) is 12.0. The smallest absolute Gasteiger partial charge is 0.268 e. The van der Waals surface area contributed by atoms with Crippen molar-refractivity contribution >= 4 is 11.0 Å². The fourth-order valence-corrected chi connectivity index (χ4v) is 2.74. The highest BCUT2D eigenvalue weighted by Crippen LogP contribution is 2.16. The molecule has 0 saturated carbocycles. The number of benzene rings is 2. The van der Waals surface area contributed by atoms with Crippen LogP contribution in [0.4, 0.5) is 4.39 Å². The van der Waals surface area contributed by atoms with Gasteiger partial charge in [-0.15, -0.1) is 0 Å². The molecular formula is C19H15FN4O. The van der Waals surface area contributed by atoms with Gasteiger partial charge in [0, 0.05) is 0 Å². The second-order valence-electron chi connectivity index (χ2n) is 5.96. The molecule has 4 rings (SSSR count). The average molecular weight is 334 g/mol. The van der Waals surface area contributed by atoms with Crippen LogP contribution in [0.25, 0.3) is 22.4 Å². The largest absolute Gasteiger partial charge is 0.269 e. The van der Waals surface area contributed by atoms with Gasteiger partial charge in [-0.25, -0.2) is 14.1 Å². The summed E-state index contributed by atoms with van der Waals surface area (Å²) >= 11 is 0. The minimum absolute atomic E-state index is 0.193. The van der Waals surface area contributed by atoms with E-state index in [2.05, 4.69) is 10.1 Å². The lowest BCUT2D eigenvalue weighted by Gasteiger charge is -2.08. The Morgan fingerprint density at radius 2 is 1.68 bits per heavy atom. The minimum Gasteiger partial charge on any atom is -0.268 e. The van der Waals surface area contributed by atoms with Crippen LogP contribution < -0.4 is 5.56 Å². The van der Waals surface area contributed by atoms with Gasteiger partial charge >= 0.3 is 0 Å². The molecule has 0 aliphatic heterocycles. The molecular weight excluding hydrogens is 319 g/mol. The van der Waals surface area contributed by atoms with Crippen LogP contribution in [0, 0.1) is 19.7 Å². The standard InChI is InChI=1S/C19H15FN4O/c1-12-3-6-16(9-13(12)2)23-11-21-18-17(19(23)25)10-22-24(18)15-7-4-14(20)5-8-15/h3-11H,1-2H3. The van der Waals surface area contributed by atoms with Crippen LogP contribution in [0.3, 0.4) is 0 Å². The van der Waals surface area contributed by atoms with Gasteiger partial charge in [0.2, 0.25) is 0 Å². The van der Waals surface area contributed by atoms with E-state index in [-0.39, 0.29) is 11.4 Å². The minimum atomic E-state index is -0.328. The van der Waals surface area contributed by atoms with Gasteiger partial charge in [-0.05, 0) is 61.4 Å². The zero-order valence-electron chi connectivity index (χ0n) is 13.8. The third kappa shape index (κ3) is 2.52. The van der Waals surface area contributed by atoms with E-state index in [1.54, 1.807) is 12.1 Å². The molecule has 0 aliphatic carbocycles. The van der Waals surface area contributed by atoms with Gasteiger partial charge in [0.05, 0.1) is 17.6 Å². The maximum absolute atomic E-state index is 13.1. The summed E-state index contributed by atoms with van der Waals surface area (Å²) in [7, 11) is 0. The van der Waals surface area contributed by atoms with Crippen LogP contribution >= 0.6 is 0 Å². The Morgan fingerprint density at radius 3 is 2.40 bits per heavy atom. The van der Waals surface area contributed by atoms with E-state index in [4.69, 9.17) is 0 Å². The van der Waals surface area contributed by atoms with Gasteiger partial charge in [-0.2, -0.15) is 5.10 Å². The fraction of sp³-hybridized carbons (Fsp3) is 0.105. The molecule has 0 fully saturated rings. The molecule has 25 heavy (non-hydrogen) atoms. The van der Waals surface area contributed by atoms with Crippen molar-refractivity contribution in [3.05, 3.63) is 82.3 Å². The molecule has 0 atom stereocenters. The van der Waals surface area contributed by atoms with Crippen molar-refractivity contribution in [3.63, 3.8) is 0 Å². The highest BCUT2D eigenvalue weighted by Gasteiger charge is 2.12. The van der Waals surface area contributed by atoms with Gasteiger partial charge in [0.15, 0.2) is 5.65 Å². The van der Waals surface area contributed by atoms with Gasteiger partial charge in [-0.1, -0.05) is 6.07 Å². The molecule has 124 valence electrons. The number of hydrogen-bond donors (Lipinski definition) is 0. The van der Waals surface area contributed by atoms with Crippen molar-refractivity contribution < 1.29 is 4.39 Å². The predicted molar refractivity (Wildman–Crippen MR) is 93.9 cm³/mol. The summed E-state index contributed by atoms with van der Waals surface area (Å²) < 4.78 is 16.1. The lowest BCUT2D eigenvalue weighted by Crippen LogP contribution is -2.19. The molecule has 2 heterocycles. The highest BCUT2D eigenvalue weighted by atomic mass is 19.1. The van der Waals surface area contributed by atoms with Gasteiger partial charge in [-0.3, -0.25) is 9.36 Å². The Morgan fingerprint density at radius 1 is 0.960 bits per heavy atom. The van der Waals surface area contributed by atoms with E-state index in [1.807, 2.05) is 32.0 Å². The lowest BCUT2D eigenvalue weighted by atomic mass is 10.1. The van der Waals surface area contributed by atoms with Gasteiger partial charge in [0.25, 0.3) is 5.56 Å². The maximum atomic E-state index is 13.1. The maximum Gasteiger partial charge on any atom is 0.269 e. The van der Waals surface area contributed by atoms with Crippen LogP contribution in [-0.2, 0) is 0 Å². The molecule has 0 unspecified atom stereocenters. The molecule has 0 radical (unpaired) electrons. The van der Waals surface area contributed by atoms with E-state index in [9.17, 15) is 9.18 Å². The first kappa shape index (κ1) is 15.3. The normalized spacial score (nSPS) is 11.2. The summed E-state index contributed by atoms with van der Waals surface area (Å²) in [4.78, 5) is 17.2. The highest BCUT2D eigenvalue weighted by molar-refractivity contribution is 5.75. The quantitative estimate of drug-likeness (QED) is 0.565. The number of hydrogen-bond acceptors (Lipinski definition) is 3. The van der Waals surface area contributed by atoms with Crippen molar-refractivity contribution in [2.24, 2.45) is 0 Å². The number of aromatic nitrogens is 4. The monoisotopic (exact) mass is 334 g/mol. The molecule has 4 aromatic rings. The summed E-state index contributed by atoms with van der Waals surface area (Å²) in [5.41, 5.74) is 3.92. The Labute approximate surface area is 143 Å². The lowest BCUT2D eigenvalue weighted by molar-refractivity contribution is 0.627. The first-order valence-electron chi connectivity index (χ1n) is 7.83. The molecule has 2 aromatic carbocycles. The summed E-state index contributed by atoms with van der Waals surface area (Å²) in [6.45, 7) is 4.03. The van der Waals surface area contributed by atoms with Crippen LogP contribution in [-0.4, -0.2) is 19.3 Å². The van der Waals surface area contributed by atoms with Crippen molar-refractivity contribution in [1.82, 2.24) is 19.3 Å². The van der Waals surface area contributed by atoms with Gasteiger partial charge < -0.3 is 0 Å². The SMILES string of the molecule is Cc1ccc(-n2cnc3c(cnn3-c3ccc(F)cc3)c2=O)cc1C. The van der Waals surface area contributed by atoms with E-state index in [0.717, 1.165) is 16.8 Å². The topological polar surface area (TPSA) is 52.7 Å². The Bertz CT molecular complexity index is 1140. The zero-order chi connectivity index (χ0) is 17.6. The number of rotatable bonds is 2. The molecule has 6 heteroatoms. The Kier molecular flexibility index (Phi) is 3.46. The molecule has 0 amide bonds. The molecule has 5 nitrogen and oxygen atoms in total. The molecule has 0 bridgehead atoms. The van der Waals surface area contributed by atoms with Crippen LogP contribution in [0.5, 0.6) is 0 Å². The van der Waals surface area contributed by atoms with Crippen molar-refractivity contribution in [1.29, 1.82) is 0 Å². The summed E-state index contributed by atoms with van der Waals surface area (Å²) in [5.74, 6) is -0.328. The second kappa shape index (κ2) is 5.66. The Balaban J connectivity index is 1.88. The summed E-state index contributed by atoms with van der Waals surface area (Å²) in [6.07, 6.45) is 2.99. The Hall–Kier alpha value is -3.28. The second-order valence-corrected chi connectivity index (χ2v) is 5.96. The van der Waals surface area contributed by atoms with E-state index in [0.29, 0.717) is 16.7 Å². The van der Waals surface area contributed by atoms with Crippen LogP contribution in [0.1, 0.15) is 11.1 Å². The molecule has 0 N–H and O–H groups in total. The zero-order valence-corrected chi connectivity index (χ0v) is 13.8. The average Bonchev–Trinajstić information content (AvgIpc) is 3.03. The third-order valence-electron chi connectivity index (χ3n) is 4.33. The van der Waals surface area contributed by atoms with Gasteiger partial charge in [0.1, 0.15) is 17.5 Å². The number of fused-ring (bicyclic) bond motifs is 1. The number of halogens is 1.